The highest BCUT2D eigenvalue weighted by Crippen LogP contribution is 2.18. The third kappa shape index (κ3) is 3.71. The van der Waals surface area contributed by atoms with Crippen molar-refractivity contribution in [3.05, 3.63) is 23.9 Å². The molecule has 2 atom stereocenters. The van der Waals surface area contributed by atoms with Crippen LogP contribution < -0.4 is 11.1 Å². The molecule has 2 rings (SSSR count). The fraction of sp³-hybridized carbons (Fsp3) is 0.500. The zero-order valence-corrected chi connectivity index (χ0v) is 12.4. The maximum atomic E-state index is 11.7. The Morgan fingerprint density at radius 3 is 3.00 bits per heavy atom. The Labute approximate surface area is 128 Å². The van der Waals surface area contributed by atoms with E-state index in [2.05, 4.69) is 10.3 Å². The van der Waals surface area contributed by atoms with Crippen LogP contribution in [0, 0.1) is 0 Å². The van der Waals surface area contributed by atoms with Gasteiger partial charge in [0.1, 0.15) is 12.4 Å². The summed E-state index contributed by atoms with van der Waals surface area (Å²) < 4.78 is 4.81. The van der Waals surface area contributed by atoms with E-state index in [-0.39, 0.29) is 30.7 Å². The highest BCUT2D eigenvalue weighted by Gasteiger charge is 2.30. The maximum Gasteiger partial charge on any atom is 0.252 e. The average Bonchev–Trinajstić information content (AvgIpc) is 2.50. The first-order chi connectivity index (χ1) is 10.5. The fourth-order valence-corrected chi connectivity index (χ4v) is 2.44. The van der Waals surface area contributed by atoms with Gasteiger partial charge in [-0.15, -0.1) is 0 Å². The number of β-amino-alcohol motifs (C(OH)–C–C–N with tert-alkyl or cyclic N) is 1. The molecule has 1 aromatic heterocycles. The van der Waals surface area contributed by atoms with Crippen molar-refractivity contribution < 1.29 is 19.4 Å². The molecular weight excluding hydrogens is 288 g/mol. The molecule has 2 heterocycles. The van der Waals surface area contributed by atoms with Gasteiger partial charge in [-0.05, 0) is 18.6 Å². The summed E-state index contributed by atoms with van der Waals surface area (Å²) in [6, 6.07) is 2.88. The number of aliphatic hydroxyl groups is 1. The fourth-order valence-electron chi connectivity index (χ4n) is 2.44. The van der Waals surface area contributed by atoms with Crippen molar-refractivity contribution >= 4 is 17.6 Å². The molecule has 0 unspecified atom stereocenters. The van der Waals surface area contributed by atoms with E-state index < -0.39 is 12.0 Å². The zero-order valence-electron chi connectivity index (χ0n) is 12.4. The molecule has 22 heavy (non-hydrogen) atoms. The predicted molar refractivity (Wildman–Crippen MR) is 79.2 cm³/mol. The van der Waals surface area contributed by atoms with Crippen molar-refractivity contribution in [2.45, 2.75) is 18.6 Å². The smallest absolute Gasteiger partial charge is 0.252 e. The molecule has 0 aliphatic carbocycles. The van der Waals surface area contributed by atoms with Crippen molar-refractivity contribution in [2.75, 3.05) is 32.1 Å². The topological polar surface area (TPSA) is 118 Å². The minimum atomic E-state index is -0.766. The summed E-state index contributed by atoms with van der Waals surface area (Å²) in [6.45, 7) is 0.700. The molecule has 120 valence electrons. The lowest BCUT2D eigenvalue weighted by Gasteiger charge is -2.36. The van der Waals surface area contributed by atoms with E-state index in [0.29, 0.717) is 18.8 Å². The average molecular weight is 308 g/mol. The summed E-state index contributed by atoms with van der Waals surface area (Å²) in [6.07, 6.45) is 1.31. The molecule has 0 saturated carbocycles. The van der Waals surface area contributed by atoms with E-state index in [1.54, 1.807) is 23.2 Å². The highest BCUT2D eigenvalue weighted by molar-refractivity contribution is 5.97. The number of hydrogen-bond donors (Lipinski definition) is 3. The van der Waals surface area contributed by atoms with Crippen LogP contribution in [0.2, 0.25) is 0 Å². The van der Waals surface area contributed by atoms with Crippen LogP contribution in [0.25, 0.3) is 0 Å². The van der Waals surface area contributed by atoms with Gasteiger partial charge in [0, 0.05) is 26.4 Å². The number of carbonyl (C=O) groups excluding carboxylic acids is 2. The number of aromatic nitrogens is 1. The van der Waals surface area contributed by atoms with E-state index in [1.165, 1.54) is 7.11 Å². The molecule has 1 saturated heterocycles. The lowest BCUT2D eigenvalue weighted by Crippen LogP contribution is -2.52. The second-order valence-corrected chi connectivity index (χ2v) is 5.14. The SMILES string of the molecule is COCC(=O)N1CC[C@@H](Nc2ncccc2C(N)=O)[C@H](O)C1. The third-order valence-corrected chi connectivity index (χ3v) is 3.60. The van der Waals surface area contributed by atoms with Gasteiger partial charge in [0.25, 0.3) is 5.91 Å². The number of carbonyl (C=O) groups is 2. The first kappa shape index (κ1) is 16.2. The minimum absolute atomic E-state index is 0.00310. The Morgan fingerprint density at radius 2 is 2.36 bits per heavy atom. The highest BCUT2D eigenvalue weighted by atomic mass is 16.5. The minimum Gasteiger partial charge on any atom is -0.389 e. The molecule has 4 N–H and O–H groups in total. The lowest BCUT2D eigenvalue weighted by molar-refractivity contribution is -0.138. The van der Waals surface area contributed by atoms with Crippen LogP contribution in [0.4, 0.5) is 5.82 Å². The van der Waals surface area contributed by atoms with Crippen molar-refractivity contribution in [3.8, 4) is 0 Å². The first-order valence-electron chi connectivity index (χ1n) is 6.99. The van der Waals surface area contributed by atoms with Gasteiger partial charge in [0.2, 0.25) is 5.91 Å². The number of nitrogens with zero attached hydrogens (tertiary/aromatic N) is 2. The van der Waals surface area contributed by atoms with Gasteiger partial charge in [0.15, 0.2) is 0 Å². The van der Waals surface area contributed by atoms with E-state index >= 15 is 0 Å². The summed E-state index contributed by atoms with van der Waals surface area (Å²) >= 11 is 0. The van der Waals surface area contributed by atoms with Crippen molar-refractivity contribution in [2.24, 2.45) is 5.73 Å². The second kappa shape index (κ2) is 7.19. The van der Waals surface area contributed by atoms with E-state index in [9.17, 15) is 14.7 Å². The normalized spacial score (nSPS) is 21.5. The Morgan fingerprint density at radius 1 is 1.59 bits per heavy atom. The standard InChI is InChI=1S/C14H20N4O4/c1-22-8-12(20)18-6-4-10(11(19)7-18)17-14-9(13(15)21)3-2-5-16-14/h2-3,5,10-11,19H,4,6-8H2,1H3,(H2,15,21)(H,16,17)/t10-,11-/m1/s1. The Kier molecular flexibility index (Phi) is 5.29. The zero-order chi connectivity index (χ0) is 16.1. The number of methoxy groups -OCH3 is 1. The predicted octanol–water partition coefficient (Wildman–Crippen LogP) is -0.799. The van der Waals surface area contributed by atoms with Gasteiger partial charge >= 0.3 is 0 Å². The number of aliphatic hydroxyl groups excluding tert-OH is 1. The molecule has 0 spiro atoms. The lowest BCUT2D eigenvalue weighted by atomic mass is 10.0. The molecule has 0 radical (unpaired) electrons. The molecule has 0 bridgehead atoms. The van der Waals surface area contributed by atoms with Gasteiger partial charge in [-0.3, -0.25) is 9.59 Å². The summed E-state index contributed by atoms with van der Waals surface area (Å²) in [5, 5.41) is 13.2. The molecule has 8 heteroatoms. The van der Waals surface area contributed by atoms with Gasteiger partial charge in [-0.1, -0.05) is 0 Å². The summed E-state index contributed by atoms with van der Waals surface area (Å²) in [5.41, 5.74) is 5.57. The van der Waals surface area contributed by atoms with Crippen LogP contribution >= 0.6 is 0 Å². The van der Waals surface area contributed by atoms with Gasteiger partial charge in [-0.25, -0.2) is 4.98 Å². The molecule has 8 nitrogen and oxygen atoms in total. The number of nitrogens with one attached hydrogen (secondary N) is 1. The summed E-state index contributed by atoms with van der Waals surface area (Å²) in [5.74, 6) is -0.399. The Bertz CT molecular complexity index is 551. The molecule has 0 aromatic carbocycles. The number of hydrogen-bond acceptors (Lipinski definition) is 6. The number of anilines is 1. The number of piperidine rings is 1. The molecule has 1 aliphatic rings. The number of primary amides is 1. The molecule has 2 amide bonds. The van der Waals surface area contributed by atoms with Gasteiger partial charge < -0.3 is 25.8 Å². The number of amides is 2. The van der Waals surface area contributed by atoms with E-state index in [1.807, 2.05) is 0 Å². The van der Waals surface area contributed by atoms with Crippen molar-refractivity contribution in [1.82, 2.24) is 9.88 Å². The van der Waals surface area contributed by atoms with Crippen LogP contribution in [0.5, 0.6) is 0 Å². The number of rotatable bonds is 5. The van der Waals surface area contributed by atoms with Crippen LogP contribution in [-0.4, -0.2) is 65.8 Å². The second-order valence-electron chi connectivity index (χ2n) is 5.14. The maximum absolute atomic E-state index is 11.7. The van der Waals surface area contributed by atoms with E-state index in [0.717, 1.165) is 0 Å². The van der Waals surface area contributed by atoms with Gasteiger partial charge in [-0.2, -0.15) is 0 Å². The summed E-state index contributed by atoms with van der Waals surface area (Å²) in [7, 11) is 1.45. The Hall–Kier alpha value is -2.19. The van der Waals surface area contributed by atoms with Crippen LogP contribution in [0.15, 0.2) is 18.3 Å². The van der Waals surface area contributed by atoms with E-state index in [4.69, 9.17) is 10.5 Å². The molecule has 1 fully saturated rings. The third-order valence-electron chi connectivity index (χ3n) is 3.60. The van der Waals surface area contributed by atoms with Crippen molar-refractivity contribution in [1.29, 1.82) is 0 Å². The first-order valence-corrected chi connectivity index (χ1v) is 6.99. The Balaban J connectivity index is 2.01. The number of pyridine rings is 1. The quantitative estimate of drug-likeness (QED) is 0.655. The van der Waals surface area contributed by atoms with Gasteiger partial charge in [0.05, 0.1) is 17.7 Å². The molecule has 1 aromatic rings. The van der Waals surface area contributed by atoms with Crippen molar-refractivity contribution in [3.63, 3.8) is 0 Å². The summed E-state index contributed by atoms with van der Waals surface area (Å²) in [4.78, 5) is 28.8. The van der Waals surface area contributed by atoms with Crippen LogP contribution in [0.3, 0.4) is 0 Å². The molecule has 1 aliphatic heterocycles. The van der Waals surface area contributed by atoms with Crippen LogP contribution in [0.1, 0.15) is 16.8 Å². The number of likely N-dealkylation sites (tertiary alicyclic amines) is 1. The largest absolute Gasteiger partial charge is 0.389 e. The number of nitrogens with two attached hydrogens (primary N) is 1. The monoisotopic (exact) mass is 308 g/mol. The molecular formula is C14H20N4O4. The number of ether oxygens (including phenoxy) is 1. The van der Waals surface area contributed by atoms with Crippen LogP contribution in [-0.2, 0) is 9.53 Å².